The zero-order valence-electron chi connectivity index (χ0n) is 6.28. The van der Waals surface area contributed by atoms with Crippen LogP contribution < -0.4 is 0 Å². The van der Waals surface area contributed by atoms with Crippen molar-refractivity contribution in [1.82, 2.24) is 4.98 Å². The number of allylic oxidation sites excluding steroid dienone is 1. The summed E-state index contributed by atoms with van der Waals surface area (Å²) in [6, 6.07) is 0. The summed E-state index contributed by atoms with van der Waals surface area (Å²) in [4.78, 5) is 15.3. The zero-order chi connectivity index (χ0) is 8.10. The maximum Gasteiger partial charge on any atom is 0.146 e. The quantitative estimate of drug-likeness (QED) is 0.510. The van der Waals surface area contributed by atoms with E-state index in [2.05, 4.69) is 4.98 Å². The van der Waals surface area contributed by atoms with Crippen molar-refractivity contribution >= 4 is 23.7 Å². The van der Waals surface area contributed by atoms with Crippen molar-refractivity contribution in [2.75, 3.05) is 0 Å². The number of nitrogens with zero attached hydrogens (tertiary/aromatic N) is 1. The topological polar surface area (TPSA) is 30.0 Å². The molecule has 0 bridgehead atoms. The Hall–Kier alpha value is -0.960. The molecule has 58 valence electrons. The van der Waals surface area contributed by atoms with E-state index < -0.39 is 0 Å². The van der Waals surface area contributed by atoms with Gasteiger partial charge in [0.05, 0.1) is 5.51 Å². The average molecular weight is 167 g/mol. The Bertz CT molecular complexity index is 251. The number of carbonyl (C=O) groups excluding carboxylic acids is 1. The summed E-state index contributed by atoms with van der Waals surface area (Å²) in [5.41, 5.74) is 2.57. The molecule has 0 saturated heterocycles. The summed E-state index contributed by atoms with van der Waals surface area (Å²) in [5.74, 6) is 0. The molecule has 0 saturated carbocycles. The third kappa shape index (κ3) is 2.27. The van der Waals surface area contributed by atoms with Gasteiger partial charge in [-0.1, -0.05) is 6.92 Å². The Morgan fingerprint density at radius 3 is 3.09 bits per heavy atom. The number of carbonyl (C=O) groups is 1. The van der Waals surface area contributed by atoms with Gasteiger partial charge in [-0.05, 0) is 18.1 Å². The Labute approximate surface area is 69.6 Å². The Balaban J connectivity index is 2.79. The smallest absolute Gasteiger partial charge is 0.146 e. The van der Waals surface area contributed by atoms with Gasteiger partial charge in [-0.15, -0.1) is 11.3 Å². The maximum absolute atomic E-state index is 10.4. The summed E-state index contributed by atoms with van der Waals surface area (Å²) >= 11 is 1.54. The van der Waals surface area contributed by atoms with Crippen LogP contribution in [0.3, 0.4) is 0 Å². The van der Waals surface area contributed by atoms with E-state index in [9.17, 15) is 4.79 Å². The van der Waals surface area contributed by atoms with Gasteiger partial charge in [-0.3, -0.25) is 9.78 Å². The van der Waals surface area contributed by atoms with Crippen LogP contribution in [0.1, 0.15) is 18.2 Å². The fraction of sp³-hybridized carbons (Fsp3) is 0.250. The lowest BCUT2D eigenvalue weighted by molar-refractivity contribution is -0.104. The number of aldehydes is 1. The van der Waals surface area contributed by atoms with Gasteiger partial charge < -0.3 is 0 Å². The number of hydrogen-bond acceptors (Lipinski definition) is 3. The number of hydrogen-bond donors (Lipinski definition) is 0. The molecule has 0 aliphatic heterocycles. The van der Waals surface area contributed by atoms with Crippen LogP contribution in [0.15, 0.2) is 17.3 Å². The monoisotopic (exact) mass is 167 g/mol. The Morgan fingerprint density at radius 2 is 2.64 bits per heavy atom. The first-order chi connectivity index (χ1) is 5.36. The van der Waals surface area contributed by atoms with E-state index in [-0.39, 0.29) is 0 Å². The van der Waals surface area contributed by atoms with Crippen LogP contribution in [0.4, 0.5) is 0 Å². The first kappa shape index (κ1) is 8.14. The van der Waals surface area contributed by atoms with E-state index in [1.165, 1.54) is 11.3 Å². The molecule has 0 N–H and O–H groups in total. The molecule has 0 aromatic carbocycles. The van der Waals surface area contributed by atoms with Crippen molar-refractivity contribution in [3.8, 4) is 0 Å². The molecule has 1 aromatic rings. The summed E-state index contributed by atoms with van der Waals surface area (Å²) in [6.45, 7) is 1.96. The lowest BCUT2D eigenvalue weighted by Gasteiger charge is -1.89. The van der Waals surface area contributed by atoms with Crippen molar-refractivity contribution in [1.29, 1.82) is 0 Å². The van der Waals surface area contributed by atoms with Gasteiger partial charge in [-0.25, -0.2) is 0 Å². The van der Waals surface area contributed by atoms with Gasteiger partial charge in [0.25, 0.3) is 0 Å². The second-order valence-electron chi connectivity index (χ2n) is 2.09. The summed E-state index contributed by atoms with van der Waals surface area (Å²) in [5, 5.41) is 0. The van der Waals surface area contributed by atoms with E-state index in [0.29, 0.717) is 0 Å². The van der Waals surface area contributed by atoms with E-state index >= 15 is 0 Å². The Kier molecular flexibility index (Phi) is 2.98. The highest BCUT2D eigenvalue weighted by Crippen LogP contribution is 2.11. The standard InChI is InChI=1S/C8H9NOS/c1-2-7(5-10)3-8-4-9-6-11-8/h3-6H,2H2,1H3/b7-3+. The van der Waals surface area contributed by atoms with Gasteiger partial charge >= 0.3 is 0 Å². The number of thiazole rings is 1. The minimum atomic E-state index is 0.779. The van der Waals surface area contributed by atoms with Crippen LogP contribution in [-0.2, 0) is 4.79 Å². The van der Waals surface area contributed by atoms with Gasteiger partial charge in [0.2, 0.25) is 0 Å². The third-order valence-electron chi connectivity index (χ3n) is 1.34. The Morgan fingerprint density at radius 1 is 1.82 bits per heavy atom. The predicted molar refractivity (Wildman–Crippen MR) is 46.4 cm³/mol. The largest absolute Gasteiger partial charge is 0.298 e. The van der Waals surface area contributed by atoms with Crippen molar-refractivity contribution in [2.24, 2.45) is 0 Å². The van der Waals surface area contributed by atoms with Crippen molar-refractivity contribution < 1.29 is 4.79 Å². The highest BCUT2D eigenvalue weighted by Gasteiger charge is 1.92. The summed E-state index contributed by atoms with van der Waals surface area (Å²) in [6.07, 6.45) is 5.29. The predicted octanol–water partition coefficient (Wildman–Crippen LogP) is 2.14. The molecule has 11 heavy (non-hydrogen) atoms. The summed E-state index contributed by atoms with van der Waals surface area (Å²) < 4.78 is 0. The molecule has 1 aromatic heterocycles. The SMILES string of the molecule is CC/C(C=O)=C\c1cncs1. The first-order valence-electron chi connectivity index (χ1n) is 3.41. The second kappa shape index (κ2) is 4.03. The van der Waals surface area contributed by atoms with Crippen molar-refractivity contribution in [2.45, 2.75) is 13.3 Å². The highest BCUT2D eigenvalue weighted by molar-refractivity contribution is 7.10. The van der Waals surface area contributed by atoms with Gasteiger partial charge in [0.15, 0.2) is 0 Å². The van der Waals surface area contributed by atoms with E-state index in [0.717, 1.165) is 23.2 Å². The van der Waals surface area contributed by atoms with Crippen LogP contribution in [0.2, 0.25) is 0 Å². The highest BCUT2D eigenvalue weighted by atomic mass is 32.1. The molecule has 0 atom stereocenters. The van der Waals surface area contributed by atoms with Gasteiger partial charge in [0, 0.05) is 11.1 Å². The molecular formula is C8H9NOS. The molecule has 0 aliphatic carbocycles. The van der Waals surface area contributed by atoms with Gasteiger partial charge in [0.1, 0.15) is 6.29 Å². The first-order valence-corrected chi connectivity index (χ1v) is 4.29. The van der Waals surface area contributed by atoms with Crippen LogP contribution in [0.5, 0.6) is 0 Å². The van der Waals surface area contributed by atoms with Gasteiger partial charge in [-0.2, -0.15) is 0 Å². The molecule has 0 aliphatic rings. The fourth-order valence-corrected chi connectivity index (χ4v) is 1.28. The maximum atomic E-state index is 10.4. The number of rotatable bonds is 3. The lowest BCUT2D eigenvalue weighted by atomic mass is 10.2. The van der Waals surface area contributed by atoms with Crippen LogP contribution >= 0.6 is 11.3 Å². The molecule has 1 rings (SSSR count). The molecule has 0 amide bonds. The van der Waals surface area contributed by atoms with E-state index in [1.807, 2.05) is 13.0 Å². The number of aromatic nitrogens is 1. The summed E-state index contributed by atoms with van der Waals surface area (Å²) in [7, 11) is 0. The van der Waals surface area contributed by atoms with Crippen LogP contribution in [0, 0.1) is 0 Å². The minimum Gasteiger partial charge on any atom is -0.298 e. The normalized spacial score (nSPS) is 11.5. The molecule has 3 heteroatoms. The fourth-order valence-electron chi connectivity index (χ4n) is 0.699. The third-order valence-corrected chi connectivity index (χ3v) is 2.06. The molecule has 0 spiro atoms. The van der Waals surface area contributed by atoms with Crippen molar-refractivity contribution in [3.05, 3.63) is 22.2 Å². The van der Waals surface area contributed by atoms with E-state index in [1.54, 1.807) is 11.7 Å². The van der Waals surface area contributed by atoms with Crippen LogP contribution in [-0.4, -0.2) is 11.3 Å². The lowest BCUT2D eigenvalue weighted by Crippen LogP contribution is -1.79. The van der Waals surface area contributed by atoms with Crippen LogP contribution in [0.25, 0.3) is 6.08 Å². The average Bonchev–Trinajstić information content (AvgIpc) is 2.52. The molecule has 2 nitrogen and oxygen atoms in total. The minimum absolute atomic E-state index is 0.779. The molecule has 0 fully saturated rings. The van der Waals surface area contributed by atoms with Crippen molar-refractivity contribution in [3.63, 3.8) is 0 Å². The second-order valence-corrected chi connectivity index (χ2v) is 3.01. The molecular weight excluding hydrogens is 158 g/mol. The molecule has 0 radical (unpaired) electrons. The zero-order valence-corrected chi connectivity index (χ0v) is 7.10. The molecule has 0 unspecified atom stereocenters. The molecule has 1 heterocycles. The van der Waals surface area contributed by atoms with E-state index in [4.69, 9.17) is 0 Å².